The Morgan fingerprint density at radius 1 is 1.10 bits per heavy atom. The fourth-order valence-electron chi connectivity index (χ4n) is 3.03. The molecule has 1 aromatic heterocycles. The highest BCUT2D eigenvalue weighted by Gasteiger charge is 2.12. The van der Waals surface area contributed by atoms with Crippen LogP contribution in [0.2, 0.25) is 0 Å². The minimum Gasteiger partial charge on any atom is -0.341 e. The highest BCUT2D eigenvalue weighted by atomic mass is 16.1. The molecule has 0 aliphatic heterocycles. The minimum absolute atomic E-state index is 0.0151. The molecule has 0 spiro atoms. The maximum atomic E-state index is 12.8. The summed E-state index contributed by atoms with van der Waals surface area (Å²) in [6.45, 7) is 4.15. The number of nitrogens with zero attached hydrogens (tertiary/aromatic N) is 2. The van der Waals surface area contributed by atoms with Crippen LogP contribution in [0, 0.1) is 18.3 Å². The van der Waals surface area contributed by atoms with Crippen molar-refractivity contribution in [2.75, 3.05) is 0 Å². The van der Waals surface area contributed by atoms with Gasteiger partial charge in [0.25, 0.3) is 5.91 Å². The summed E-state index contributed by atoms with van der Waals surface area (Å²) in [5.74, 6) is -0.297. The van der Waals surface area contributed by atoms with Gasteiger partial charge in [0.05, 0.1) is 11.8 Å². The largest absolute Gasteiger partial charge is 0.341 e. The van der Waals surface area contributed by atoms with Crippen LogP contribution >= 0.6 is 0 Å². The first-order chi connectivity index (χ1) is 14.5. The Morgan fingerprint density at radius 3 is 2.60 bits per heavy atom. The van der Waals surface area contributed by atoms with E-state index >= 15 is 0 Å². The molecule has 2 aromatic carbocycles. The molecule has 0 saturated heterocycles. The number of nitrogens with one attached hydrogen (secondary N) is 1. The van der Waals surface area contributed by atoms with Crippen molar-refractivity contribution in [2.45, 2.75) is 26.4 Å². The fourth-order valence-corrected chi connectivity index (χ4v) is 3.03. The second-order valence-corrected chi connectivity index (χ2v) is 7.09. The lowest BCUT2D eigenvalue weighted by Gasteiger charge is -2.07. The maximum absolute atomic E-state index is 12.8. The Morgan fingerprint density at radius 2 is 1.87 bits per heavy atom. The summed E-state index contributed by atoms with van der Waals surface area (Å²) in [6.07, 6.45) is 5.73. The molecule has 0 fully saturated rings. The number of carbonyl (C=O) groups excluding carboxylic acids is 2. The van der Waals surface area contributed by atoms with Crippen molar-refractivity contribution in [2.24, 2.45) is 0 Å². The van der Waals surface area contributed by atoms with Crippen molar-refractivity contribution in [3.05, 3.63) is 101 Å². The second kappa shape index (κ2) is 9.53. The highest BCUT2D eigenvalue weighted by Crippen LogP contribution is 2.13. The van der Waals surface area contributed by atoms with Crippen molar-refractivity contribution in [3.8, 4) is 6.07 Å². The Balaban J connectivity index is 1.70. The molecule has 0 aliphatic rings. The van der Waals surface area contributed by atoms with Crippen LogP contribution in [-0.4, -0.2) is 22.3 Å². The van der Waals surface area contributed by atoms with E-state index in [-0.39, 0.29) is 11.7 Å². The monoisotopic (exact) mass is 397 g/mol. The summed E-state index contributed by atoms with van der Waals surface area (Å²) in [4.78, 5) is 25.0. The molecule has 150 valence electrons. The number of hydrogen-bond donors (Lipinski definition) is 1. The number of carbonyl (C=O) groups is 2. The van der Waals surface area contributed by atoms with Crippen molar-refractivity contribution >= 4 is 17.8 Å². The predicted octanol–water partition coefficient (Wildman–Crippen LogP) is 4.38. The van der Waals surface area contributed by atoms with Crippen molar-refractivity contribution in [1.82, 2.24) is 9.88 Å². The van der Waals surface area contributed by atoms with Gasteiger partial charge in [-0.1, -0.05) is 54.1 Å². The van der Waals surface area contributed by atoms with Crippen LogP contribution in [0.25, 0.3) is 6.08 Å². The molecule has 3 rings (SSSR count). The summed E-state index contributed by atoms with van der Waals surface area (Å²) in [5, 5.41) is 11.5. The van der Waals surface area contributed by atoms with Crippen molar-refractivity contribution in [1.29, 1.82) is 5.26 Å². The van der Waals surface area contributed by atoms with Gasteiger partial charge in [0.1, 0.15) is 6.04 Å². The molecule has 5 nitrogen and oxygen atoms in total. The number of aromatic nitrogens is 1. The van der Waals surface area contributed by atoms with E-state index < -0.39 is 6.04 Å². The first kappa shape index (κ1) is 20.8. The number of benzene rings is 2. The molecule has 5 heteroatoms. The molecule has 3 aromatic rings. The zero-order valence-electron chi connectivity index (χ0n) is 17.0. The van der Waals surface area contributed by atoms with Gasteiger partial charge < -0.3 is 9.88 Å². The topological polar surface area (TPSA) is 74.9 Å². The van der Waals surface area contributed by atoms with Gasteiger partial charge in [0.2, 0.25) is 5.78 Å². The van der Waals surface area contributed by atoms with Crippen molar-refractivity contribution < 1.29 is 9.59 Å². The van der Waals surface area contributed by atoms with Crippen LogP contribution < -0.4 is 5.32 Å². The van der Waals surface area contributed by atoms with E-state index in [1.54, 1.807) is 25.1 Å². The van der Waals surface area contributed by atoms with Crippen LogP contribution in [0.15, 0.2) is 72.9 Å². The van der Waals surface area contributed by atoms with Gasteiger partial charge in [-0.2, -0.15) is 5.26 Å². The van der Waals surface area contributed by atoms with Gasteiger partial charge in [-0.15, -0.1) is 0 Å². The van der Waals surface area contributed by atoms with Crippen LogP contribution in [0.3, 0.4) is 0 Å². The van der Waals surface area contributed by atoms with Gasteiger partial charge in [-0.05, 0) is 43.7 Å². The lowest BCUT2D eigenvalue weighted by Crippen LogP contribution is -2.31. The summed E-state index contributed by atoms with van der Waals surface area (Å²) >= 11 is 0. The standard InChI is InChI=1S/C25H23N3O2/c1-18-10-12-21(13-11-18)24(29)23-9-5-15-28(23)14-4-7-20-6-3-8-22(16-20)25(30)27-19(2)17-26/h3-13,15-16,19H,14H2,1-2H3,(H,27,30)/b7-4+. The van der Waals surface area contributed by atoms with Gasteiger partial charge in [0, 0.05) is 23.9 Å². The molecular weight excluding hydrogens is 374 g/mol. The van der Waals surface area contributed by atoms with Gasteiger partial charge in [0.15, 0.2) is 0 Å². The third kappa shape index (κ3) is 5.12. The second-order valence-electron chi connectivity index (χ2n) is 7.09. The Kier molecular flexibility index (Phi) is 6.61. The van der Waals surface area contributed by atoms with Crippen LogP contribution in [0.5, 0.6) is 0 Å². The van der Waals surface area contributed by atoms with E-state index in [2.05, 4.69) is 5.32 Å². The normalized spacial score (nSPS) is 11.8. The molecule has 1 atom stereocenters. The van der Waals surface area contributed by atoms with Crippen LogP contribution in [0.1, 0.15) is 44.5 Å². The van der Waals surface area contributed by atoms with E-state index in [0.29, 0.717) is 23.4 Å². The maximum Gasteiger partial charge on any atom is 0.252 e. The summed E-state index contributed by atoms with van der Waals surface area (Å²) in [7, 11) is 0. The summed E-state index contributed by atoms with van der Waals surface area (Å²) in [6, 6.07) is 19.8. The number of rotatable bonds is 7. The number of ketones is 1. The summed E-state index contributed by atoms with van der Waals surface area (Å²) < 4.78 is 1.89. The zero-order chi connectivity index (χ0) is 21.5. The molecular formula is C25H23N3O2. The predicted molar refractivity (Wildman–Crippen MR) is 117 cm³/mol. The first-order valence-electron chi connectivity index (χ1n) is 9.71. The molecule has 1 heterocycles. The van der Waals surface area contributed by atoms with Crippen LogP contribution in [-0.2, 0) is 6.54 Å². The van der Waals surface area contributed by atoms with E-state index in [1.807, 2.05) is 78.4 Å². The van der Waals surface area contributed by atoms with Gasteiger partial charge in [-0.25, -0.2) is 0 Å². The SMILES string of the molecule is Cc1ccc(C(=O)c2cccn2C/C=C/c2cccc(C(=O)NC(C)C#N)c2)cc1. The molecule has 1 amide bonds. The molecule has 30 heavy (non-hydrogen) atoms. The Labute approximate surface area is 176 Å². The first-order valence-corrected chi connectivity index (χ1v) is 9.71. The number of allylic oxidation sites excluding steroid dienone is 1. The molecule has 1 unspecified atom stereocenters. The third-order valence-corrected chi connectivity index (χ3v) is 4.68. The summed E-state index contributed by atoms with van der Waals surface area (Å²) in [5.41, 5.74) is 3.76. The number of nitriles is 1. The minimum atomic E-state index is -0.546. The van der Waals surface area contributed by atoms with Gasteiger partial charge >= 0.3 is 0 Å². The molecule has 0 bridgehead atoms. The Hall–Kier alpha value is -3.91. The van der Waals surface area contributed by atoms with Crippen molar-refractivity contribution in [3.63, 3.8) is 0 Å². The average molecular weight is 397 g/mol. The zero-order valence-corrected chi connectivity index (χ0v) is 17.0. The lowest BCUT2D eigenvalue weighted by atomic mass is 10.1. The number of amides is 1. The molecule has 1 N–H and O–H groups in total. The van der Waals surface area contributed by atoms with Gasteiger partial charge in [-0.3, -0.25) is 9.59 Å². The number of hydrogen-bond acceptors (Lipinski definition) is 3. The quantitative estimate of drug-likeness (QED) is 0.601. The van der Waals surface area contributed by atoms with E-state index in [4.69, 9.17) is 5.26 Å². The average Bonchev–Trinajstić information content (AvgIpc) is 3.22. The molecule has 0 aliphatic carbocycles. The number of aryl methyl sites for hydroxylation is 1. The van der Waals surface area contributed by atoms with E-state index in [0.717, 1.165) is 11.1 Å². The molecule has 0 saturated carbocycles. The highest BCUT2D eigenvalue weighted by molar-refractivity contribution is 6.08. The Bertz CT molecular complexity index is 1120. The van der Waals surface area contributed by atoms with Crippen LogP contribution in [0.4, 0.5) is 0 Å². The van der Waals surface area contributed by atoms with E-state index in [1.165, 1.54) is 0 Å². The lowest BCUT2D eigenvalue weighted by molar-refractivity contribution is 0.0947. The van der Waals surface area contributed by atoms with E-state index in [9.17, 15) is 9.59 Å². The fraction of sp³-hybridized carbons (Fsp3) is 0.160. The smallest absolute Gasteiger partial charge is 0.252 e. The molecule has 0 radical (unpaired) electrons. The third-order valence-electron chi connectivity index (χ3n) is 4.68.